The molecule has 0 aromatic carbocycles. The van der Waals surface area contributed by atoms with Crippen LogP contribution in [0.4, 0.5) is 5.69 Å². The Kier molecular flexibility index (Phi) is 4.11. The molecule has 5 nitrogen and oxygen atoms in total. The molecule has 5 heteroatoms. The van der Waals surface area contributed by atoms with Crippen LogP contribution in [0.5, 0.6) is 5.88 Å². The number of ether oxygens (including phenoxy) is 1. The van der Waals surface area contributed by atoms with Gasteiger partial charge in [0.05, 0.1) is 12.3 Å². The van der Waals surface area contributed by atoms with Gasteiger partial charge in [0.1, 0.15) is 5.69 Å². The van der Waals surface area contributed by atoms with Crippen molar-refractivity contribution in [1.29, 1.82) is 0 Å². The maximum Gasteiger partial charge on any atom is 0.236 e. The molecule has 1 atom stereocenters. The van der Waals surface area contributed by atoms with Gasteiger partial charge in [-0.25, -0.2) is 4.68 Å². The lowest BCUT2D eigenvalue weighted by atomic mass is 10.1. The van der Waals surface area contributed by atoms with Crippen LogP contribution in [0.3, 0.4) is 0 Å². The van der Waals surface area contributed by atoms with Crippen molar-refractivity contribution < 1.29 is 4.74 Å². The summed E-state index contributed by atoms with van der Waals surface area (Å²) in [6, 6.07) is 0.658. The fourth-order valence-corrected chi connectivity index (χ4v) is 2.58. The number of nitrogens with two attached hydrogens (primary N) is 1. The van der Waals surface area contributed by atoms with Crippen molar-refractivity contribution in [3.8, 4) is 5.88 Å². The highest BCUT2D eigenvalue weighted by molar-refractivity contribution is 5.52. The first kappa shape index (κ1) is 13.2. The lowest BCUT2D eigenvalue weighted by molar-refractivity contribution is 0.222. The van der Waals surface area contributed by atoms with Gasteiger partial charge in [0.25, 0.3) is 0 Å². The Hall–Kier alpha value is -1.23. The molecule has 2 rings (SSSR count). The summed E-state index contributed by atoms with van der Waals surface area (Å²) < 4.78 is 7.68. The second kappa shape index (κ2) is 5.61. The Labute approximate surface area is 109 Å². The van der Waals surface area contributed by atoms with Crippen LogP contribution in [0, 0.1) is 6.92 Å². The summed E-state index contributed by atoms with van der Waals surface area (Å²) in [5.74, 6) is 0.732. The van der Waals surface area contributed by atoms with Gasteiger partial charge in [0.15, 0.2) is 0 Å². The molecule has 0 aliphatic carbocycles. The summed E-state index contributed by atoms with van der Waals surface area (Å²) in [4.78, 5) is 2.41. The number of likely N-dealkylation sites (tertiary alicyclic amines) is 1. The van der Waals surface area contributed by atoms with E-state index in [4.69, 9.17) is 10.5 Å². The second-order valence-electron chi connectivity index (χ2n) is 5.03. The first-order chi connectivity index (χ1) is 8.63. The lowest BCUT2D eigenvalue weighted by Crippen LogP contribution is -2.26. The van der Waals surface area contributed by atoms with Crippen LogP contribution in [0.1, 0.15) is 31.9 Å². The lowest BCUT2D eigenvalue weighted by Gasteiger charge is -2.19. The molecule has 102 valence electrons. The molecule has 2 heterocycles. The number of aromatic nitrogens is 2. The largest absolute Gasteiger partial charge is 0.476 e. The van der Waals surface area contributed by atoms with Crippen molar-refractivity contribution in [2.45, 2.75) is 45.7 Å². The van der Waals surface area contributed by atoms with Crippen molar-refractivity contribution >= 4 is 5.69 Å². The van der Waals surface area contributed by atoms with E-state index in [9.17, 15) is 0 Å². The fourth-order valence-electron chi connectivity index (χ4n) is 2.58. The van der Waals surface area contributed by atoms with Gasteiger partial charge in [-0.1, -0.05) is 0 Å². The van der Waals surface area contributed by atoms with Crippen molar-refractivity contribution in [2.75, 3.05) is 25.9 Å². The van der Waals surface area contributed by atoms with Crippen LogP contribution in [0.25, 0.3) is 0 Å². The van der Waals surface area contributed by atoms with E-state index in [-0.39, 0.29) is 0 Å². The van der Waals surface area contributed by atoms with E-state index >= 15 is 0 Å². The van der Waals surface area contributed by atoms with Crippen molar-refractivity contribution in [1.82, 2.24) is 14.7 Å². The molecular formula is C13H24N4O. The zero-order chi connectivity index (χ0) is 13.1. The number of aryl methyl sites for hydroxylation is 2. The molecule has 1 saturated heterocycles. The quantitative estimate of drug-likeness (QED) is 0.866. The molecule has 0 bridgehead atoms. The number of rotatable bonds is 5. The third kappa shape index (κ3) is 2.61. The van der Waals surface area contributed by atoms with Crippen molar-refractivity contribution in [3.05, 3.63) is 5.69 Å². The van der Waals surface area contributed by atoms with Gasteiger partial charge in [-0.05, 0) is 46.7 Å². The number of anilines is 1. The number of hydrogen-bond donors (Lipinski definition) is 1. The number of nitrogen functional groups attached to an aromatic ring is 1. The summed E-state index contributed by atoms with van der Waals surface area (Å²) in [6.45, 7) is 6.67. The third-order valence-corrected chi connectivity index (χ3v) is 3.79. The zero-order valence-corrected chi connectivity index (χ0v) is 11.6. The normalized spacial score (nSPS) is 20.5. The third-order valence-electron chi connectivity index (χ3n) is 3.79. The Balaban J connectivity index is 1.90. The Morgan fingerprint density at radius 1 is 1.50 bits per heavy atom. The second-order valence-corrected chi connectivity index (χ2v) is 5.03. The summed E-state index contributed by atoms with van der Waals surface area (Å²) >= 11 is 0. The highest BCUT2D eigenvalue weighted by Crippen LogP contribution is 2.25. The molecule has 0 amide bonds. The SMILES string of the molecule is CCn1nc(C)c(N)c1OCCC1CCCN1C. The number of nitrogens with zero attached hydrogens (tertiary/aromatic N) is 3. The first-order valence-corrected chi connectivity index (χ1v) is 6.79. The minimum absolute atomic E-state index is 0.658. The predicted octanol–water partition coefficient (Wildman–Crippen LogP) is 1.66. The van der Waals surface area contributed by atoms with Gasteiger partial charge in [-0.2, -0.15) is 5.10 Å². The molecule has 0 saturated carbocycles. The van der Waals surface area contributed by atoms with Crippen LogP contribution in [0.2, 0.25) is 0 Å². The highest BCUT2D eigenvalue weighted by Gasteiger charge is 2.21. The van der Waals surface area contributed by atoms with E-state index in [1.165, 1.54) is 19.4 Å². The van der Waals surface area contributed by atoms with E-state index in [0.29, 0.717) is 18.3 Å². The first-order valence-electron chi connectivity index (χ1n) is 6.79. The standard InChI is InChI=1S/C13H24N4O/c1-4-17-13(12(14)10(2)15-17)18-9-7-11-6-5-8-16(11)3/h11H,4-9,14H2,1-3H3. The summed E-state index contributed by atoms with van der Waals surface area (Å²) in [5.41, 5.74) is 7.51. The summed E-state index contributed by atoms with van der Waals surface area (Å²) in [6.07, 6.45) is 3.64. The van der Waals surface area contributed by atoms with Crippen molar-refractivity contribution in [3.63, 3.8) is 0 Å². The molecule has 1 aromatic heterocycles. The number of hydrogen-bond acceptors (Lipinski definition) is 4. The maximum absolute atomic E-state index is 5.98. The molecule has 2 N–H and O–H groups in total. The Morgan fingerprint density at radius 2 is 2.28 bits per heavy atom. The molecule has 1 unspecified atom stereocenters. The minimum Gasteiger partial charge on any atom is -0.476 e. The zero-order valence-electron chi connectivity index (χ0n) is 11.6. The highest BCUT2D eigenvalue weighted by atomic mass is 16.5. The van der Waals surface area contributed by atoms with Gasteiger partial charge in [-0.3, -0.25) is 0 Å². The average molecular weight is 252 g/mol. The van der Waals surface area contributed by atoms with Crippen LogP contribution >= 0.6 is 0 Å². The molecule has 1 aliphatic rings. The molecular weight excluding hydrogens is 228 g/mol. The minimum atomic E-state index is 0.658. The van der Waals surface area contributed by atoms with E-state index in [1.54, 1.807) is 0 Å². The molecule has 0 spiro atoms. The van der Waals surface area contributed by atoms with Crippen LogP contribution < -0.4 is 10.5 Å². The molecule has 1 aliphatic heterocycles. The van der Waals surface area contributed by atoms with E-state index < -0.39 is 0 Å². The van der Waals surface area contributed by atoms with Gasteiger partial charge in [0, 0.05) is 12.6 Å². The van der Waals surface area contributed by atoms with Gasteiger partial charge in [-0.15, -0.1) is 0 Å². The molecule has 0 radical (unpaired) electrons. The predicted molar refractivity (Wildman–Crippen MR) is 72.8 cm³/mol. The summed E-state index contributed by atoms with van der Waals surface area (Å²) in [7, 11) is 2.19. The maximum atomic E-state index is 5.98. The molecule has 18 heavy (non-hydrogen) atoms. The van der Waals surface area contributed by atoms with E-state index in [1.807, 2.05) is 18.5 Å². The summed E-state index contributed by atoms with van der Waals surface area (Å²) in [5, 5.41) is 4.35. The van der Waals surface area contributed by atoms with E-state index in [0.717, 1.165) is 24.5 Å². The smallest absolute Gasteiger partial charge is 0.236 e. The fraction of sp³-hybridized carbons (Fsp3) is 0.769. The van der Waals surface area contributed by atoms with Crippen LogP contribution in [-0.4, -0.2) is 40.9 Å². The van der Waals surface area contributed by atoms with E-state index in [2.05, 4.69) is 17.0 Å². The van der Waals surface area contributed by atoms with Gasteiger partial charge < -0.3 is 15.4 Å². The Bertz CT molecular complexity index is 402. The van der Waals surface area contributed by atoms with Gasteiger partial charge in [0.2, 0.25) is 5.88 Å². The molecule has 1 aromatic rings. The molecule has 1 fully saturated rings. The monoisotopic (exact) mass is 252 g/mol. The van der Waals surface area contributed by atoms with Gasteiger partial charge >= 0.3 is 0 Å². The van der Waals surface area contributed by atoms with Crippen LogP contribution in [-0.2, 0) is 6.54 Å². The average Bonchev–Trinajstić information content (AvgIpc) is 2.87. The topological polar surface area (TPSA) is 56.3 Å². The van der Waals surface area contributed by atoms with Crippen molar-refractivity contribution in [2.24, 2.45) is 0 Å². The van der Waals surface area contributed by atoms with Crippen LogP contribution in [0.15, 0.2) is 0 Å². The Morgan fingerprint density at radius 3 is 2.89 bits per heavy atom.